The first-order valence-electron chi connectivity index (χ1n) is 7.02. The number of hydrogen-bond acceptors (Lipinski definition) is 3. The second-order valence-corrected chi connectivity index (χ2v) is 5.27. The number of nitrogens with one attached hydrogen (secondary N) is 1. The fourth-order valence-electron chi connectivity index (χ4n) is 2.70. The van der Waals surface area contributed by atoms with E-state index in [2.05, 4.69) is 10.2 Å². The van der Waals surface area contributed by atoms with Crippen LogP contribution in [0.5, 0.6) is 0 Å². The van der Waals surface area contributed by atoms with Gasteiger partial charge in [0.05, 0.1) is 0 Å². The summed E-state index contributed by atoms with van der Waals surface area (Å²) in [5, 5.41) is 3.08. The van der Waals surface area contributed by atoms with Crippen LogP contribution in [0, 0.1) is 11.6 Å². The lowest BCUT2D eigenvalue weighted by atomic mass is 10.0. The van der Waals surface area contributed by atoms with Crippen molar-refractivity contribution in [3.63, 3.8) is 0 Å². The molecular weight excluding hydrogens is 262 g/mol. The number of likely N-dealkylation sites (N-methyl/N-ethyl adjacent to an activating group) is 2. The van der Waals surface area contributed by atoms with E-state index in [-0.39, 0.29) is 6.04 Å². The Bertz CT molecular complexity index is 436. The minimum atomic E-state index is -0.795. The van der Waals surface area contributed by atoms with Crippen LogP contribution in [0.1, 0.15) is 24.4 Å². The molecule has 0 amide bonds. The summed E-state index contributed by atoms with van der Waals surface area (Å²) >= 11 is 0. The SMILES string of the molecule is CNC(CN(C)C1CCOCC1)c1cccc(F)c1F. The summed E-state index contributed by atoms with van der Waals surface area (Å²) < 4.78 is 32.6. The van der Waals surface area contributed by atoms with Crippen LogP contribution < -0.4 is 5.32 Å². The normalized spacial score (nSPS) is 18.4. The maximum atomic E-state index is 13.9. The number of ether oxygens (including phenoxy) is 1. The number of rotatable bonds is 5. The zero-order valence-corrected chi connectivity index (χ0v) is 12.0. The number of nitrogens with zero attached hydrogens (tertiary/aromatic N) is 1. The molecule has 0 aromatic heterocycles. The molecule has 1 aliphatic heterocycles. The van der Waals surface area contributed by atoms with Crippen molar-refractivity contribution in [2.75, 3.05) is 33.9 Å². The molecule has 0 spiro atoms. The quantitative estimate of drug-likeness (QED) is 0.898. The molecule has 0 radical (unpaired) electrons. The molecule has 1 N–H and O–H groups in total. The van der Waals surface area contributed by atoms with Crippen LogP contribution in [0.15, 0.2) is 18.2 Å². The van der Waals surface area contributed by atoms with Crippen molar-refractivity contribution in [3.05, 3.63) is 35.4 Å². The molecule has 20 heavy (non-hydrogen) atoms. The molecule has 3 nitrogen and oxygen atoms in total. The molecular formula is C15H22F2N2O. The lowest BCUT2D eigenvalue weighted by Crippen LogP contribution is -2.41. The molecule has 5 heteroatoms. The van der Waals surface area contributed by atoms with Crippen LogP contribution in [0.3, 0.4) is 0 Å². The average Bonchev–Trinajstić information content (AvgIpc) is 2.48. The van der Waals surface area contributed by atoms with Crippen molar-refractivity contribution < 1.29 is 13.5 Å². The van der Waals surface area contributed by atoms with Gasteiger partial charge in [0, 0.05) is 37.4 Å². The summed E-state index contributed by atoms with van der Waals surface area (Å²) in [7, 11) is 3.80. The Morgan fingerprint density at radius 1 is 1.35 bits per heavy atom. The first kappa shape index (κ1) is 15.4. The molecule has 2 rings (SSSR count). The third kappa shape index (κ3) is 3.53. The van der Waals surface area contributed by atoms with Crippen LogP contribution >= 0.6 is 0 Å². The van der Waals surface area contributed by atoms with Gasteiger partial charge in [0.25, 0.3) is 0 Å². The van der Waals surface area contributed by atoms with Crippen molar-refractivity contribution in [2.45, 2.75) is 24.9 Å². The van der Waals surface area contributed by atoms with E-state index in [0.717, 1.165) is 32.1 Å². The van der Waals surface area contributed by atoms with Crippen LogP contribution in [0.25, 0.3) is 0 Å². The average molecular weight is 284 g/mol. The zero-order chi connectivity index (χ0) is 14.5. The van der Waals surface area contributed by atoms with Crippen LogP contribution in [-0.2, 0) is 4.74 Å². The first-order chi connectivity index (χ1) is 9.63. The number of hydrogen-bond donors (Lipinski definition) is 1. The molecule has 1 aromatic carbocycles. The summed E-state index contributed by atoms with van der Waals surface area (Å²) in [5.41, 5.74) is 0.381. The van der Waals surface area contributed by atoms with Crippen molar-refractivity contribution in [2.24, 2.45) is 0 Å². The second kappa shape index (κ2) is 7.11. The summed E-state index contributed by atoms with van der Waals surface area (Å²) in [5.74, 6) is -1.55. The smallest absolute Gasteiger partial charge is 0.163 e. The maximum absolute atomic E-state index is 13.9. The Balaban J connectivity index is 2.06. The highest BCUT2D eigenvalue weighted by Gasteiger charge is 2.23. The van der Waals surface area contributed by atoms with Gasteiger partial charge in [0.2, 0.25) is 0 Å². The Labute approximate surface area is 118 Å². The molecule has 0 saturated carbocycles. The molecule has 1 aliphatic rings. The van der Waals surface area contributed by atoms with Gasteiger partial charge in [-0.15, -0.1) is 0 Å². The van der Waals surface area contributed by atoms with E-state index < -0.39 is 11.6 Å². The molecule has 1 fully saturated rings. The Hall–Kier alpha value is -1.04. The van der Waals surface area contributed by atoms with Gasteiger partial charge in [-0.2, -0.15) is 0 Å². The van der Waals surface area contributed by atoms with Gasteiger partial charge < -0.3 is 15.0 Å². The number of halogens is 2. The standard InChI is InChI=1S/C15H22F2N2O/c1-18-14(12-4-3-5-13(16)15(12)17)10-19(2)11-6-8-20-9-7-11/h3-5,11,14,18H,6-10H2,1-2H3. The van der Waals surface area contributed by atoms with Gasteiger partial charge in [-0.1, -0.05) is 12.1 Å². The van der Waals surface area contributed by atoms with E-state index >= 15 is 0 Å². The molecule has 1 heterocycles. The summed E-state index contributed by atoms with van der Waals surface area (Å²) in [6.07, 6.45) is 1.97. The summed E-state index contributed by atoms with van der Waals surface area (Å²) in [6, 6.07) is 4.55. The molecule has 1 aromatic rings. The van der Waals surface area contributed by atoms with Crippen molar-refractivity contribution in [3.8, 4) is 0 Å². The highest BCUT2D eigenvalue weighted by Crippen LogP contribution is 2.22. The largest absolute Gasteiger partial charge is 0.381 e. The third-order valence-electron chi connectivity index (χ3n) is 3.99. The predicted octanol–water partition coefficient (Wildman–Crippen LogP) is 2.34. The highest BCUT2D eigenvalue weighted by atomic mass is 19.2. The van der Waals surface area contributed by atoms with Gasteiger partial charge in [-0.25, -0.2) is 8.78 Å². The molecule has 0 aliphatic carbocycles. The fourth-order valence-corrected chi connectivity index (χ4v) is 2.70. The van der Waals surface area contributed by atoms with Crippen molar-refractivity contribution in [1.82, 2.24) is 10.2 Å². The van der Waals surface area contributed by atoms with Crippen molar-refractivity contribution >= 4 is 0 Å². The minimum Gasteiger partial charge on any atom is -0.381 e. The van der Waals surface area contributed by atoms with E-state index in [1.54, 1.807) is 19.2 Å². The molecule has 1 saturated heterocycles. The van der Waals surface area contributed by atoms with Crippen LogP contribution in [0.2, 0.25) is 0 Å². The molecule has 1 atom stereocenters. The van der Waals surface area contributed by atoms with E-state index in [4.69, 9.17) is 4.74 Å². The number of benzene rings is 1. The highest BCUT2D eigenvalue weighted by molar-refractivity contribution is 5.23. The van der Waals surface area contributed by atoms with Crippen molar-refractivity contribution in [1.29, 1.82) is 0 Å². The predicted molar refractivity (Wildman–Crippen MR) is 74.6 cm³/mol. The topological polar surface area (TPSA) is 24.5 Å². The van der Waals surface area contributed by atoms with Gasteiger partial charge in [0.15, 0.2) is 11.6 Å². The van der Waals surface area contributed by atoms with E-state index in [0.29, 0.717) is 18.2 Å². The summed E-state index contributed by atoms with van der Waals surface area (Å²) in [4.78, 5) is 2.20. The monoisotopic (exact) mass is 284 g/mol. The maximum Gasteiger partial charge on any atom is 0.163 e. The van der Waals surface area contributed by atoms with Gasteiger partial charge >= 0.3 is 0 Å². The van der Waals surface area contributed by atoms with Crippen LogP contribution in [0.4, 0.5) is 8.78 Å². The van der Waals surface area contributed by atoms with Gasteiger partial charge in [-0.05, 0) is 33.0 Å². The van der Waals surface area contributed by atoms with Crippen LogP contribution in [-0.4, -0.2) is 44.8 Å². The van der Waals surface area contributed by atoms with E-state index in [9.17, 15) is 8.78 Å². The molecule has 112 valence electrons. The second-order valence-electron chi connectivity index (χ2n) is 5.27. The Morgan fingerprint density at radius 2 is 2.05 bits per heavy atom. The van der Waals surface area contributed by atoms with Gasteiger partial charge in [-0.3, -0.25) is 0 Å². The lowest BCUT2D eigenvalue weighted by Gasteiger charge is -2.33. The fraction of sp³-hybridized carbons (Fsp3) is 0.600. The Morgan fingerprint density at radius 3 is 2.70 bits per heavy atom. The Kier molecular flexibility index (Phi) is 5.46. The van der Waals surface area contributed by atoms with E-state index in [1.165, 1.54) is 0 Å². The lowest BCUT2D eigenvalue weighted by molar-refractivity contribution is 0.0402. The van der Waals surface area contributed by atoms with Gasteiger partial charge in [0.1, 0.15) is 0 Å². The van der Waals surface area contributed by atoms with E-state index in [1.807, 2.05) is 7.05 Å². The molecule has 1 unspecified atom stereocenters. The molecule has 0 bridgehead atoms. The zero-order valence-electron chi connectivity index (χ0n) is 12.0. The third-order valence-corrected chi connectivity index (χ3v) is 3.99. The summed E-state index contributed by atoms with van der Waals surface area (Å²) in [6.45, 7) is 2.18. The minimum absolute atomic E-state index is 0.224. The first-order valence-corrected chi connectivity index (χ1v) is 7.02.